The van der Waals surface area contributed by atoms with Crippen LogP contribution >= 0.6 is 0 Å². The van der Waals surface area contributed by atoms with Crippen molar-refractivity contribution in [2.45, 2.75) is 13.3 Å². The smallest absolute Gasteiger partial charge is 0.381 e. The summed E-state index contributed by atoms with van der Waals surface area (Å²) in [6, 6.07) is 0. The van der Waals surface area contributed by atoms with Crippen molar-refractivity contribution in [3.8, 4) is 0 Å². The summed E-state index contributed by atoms with van der Waals surface area (Å²) in [4.78, 5) is 27.7. The molecule has 0 bridgehead atoms. The van der Waals surface area contributed by atoms with Crippen LogP contribution in [0.5, 0.6) is 0 Å². The highest BCUT2D eigenvalue weighted by Crippen LogP contribution is 1.94. The number of H-pyrrole nitrogens is 1. The van der Waals surface area contributed by atoms with Gasteiger partial charge >= 0.3 is 11.9 Å². The predicted molar refractivity (Wildman–Crippen MR) is 39.3 cm³/mol. The van der Waals surface area contributed by atoms with Crippen molar-refractivity contribution in [1.82, 2.24) is 9.97 Å². The van der Waals surface area contributed by atoms with Crippen LogP contribution in [0.2, 0.25) is 0 Å². The molecule has 64 valence electrons. The average molecular weight is 168 g/mol. The second kappa shape index (κ2) is 3.66. The van der Waals surface area contributed by atoms with E-state index in [1.54, 1.807) is 6.92 Å². The molecule has 1 N–H and O–H groups in total. The molecule has 1 rings (SSSR count). The molecule has 5 heteroatoms. The number of esters is 2. The van der Waals surface area contributed by atoms with Crippen molar-refractivity contribution in [3.63, 3.8) is 0 Å². The van der Waals surface area contributed by atoms with Crippen molar-refractivity contribution >= 4 is 11.9 Å². The first-order chi connectivity index (χ1) is 5.74. The Bertz CT molecular complexity index is 279. The Morgan fingerprint density at radius 2 is 2.42 bits per heavy atom. The molecule has 0 spiro atoms. The van der Waals surface area contributed by atoms with Crippen LogP contribution in [-0.2, 0) is 9.53 Å². The zero-order chi connectivity index (χ0) is 8.97. The van der Waals surface area contributed by atoms with Gasteiger partial charge in [-0.3, -0.25) is 4.79 Å². The molecule has 0 aliphatic carbocycles. The molecule has 0 fully saturated rings. The molecule has 0 unspecified atom stereocenters. The van der Waals surface area contributed by atoms with Crippen LogP contribution in [0.25, 0.3) is 0 Å². The molecule has 5 nitrogen and oxygen atoms in total. The molecular formula is C7H8N2O3. The topological polar surface area (TPSA) is 72.1 Å². The Morgan fingerprint density at radius 1 is 1.67 bits per heavy atom. The molecule has 1 heterocycles. The number of rotatable bonds is 2. The summed E-state index contributed by atoms with van der Waals surface area (Å²) in [7, 11) is 0. The van der Waals surface area contributed by atoms with Gasteiger partial charge in [-0.05, 0) is 0 Å². The highest BCUT2D eigenvalue weighted by Gasteiger charge is 2.12. The minimum absolute atomic E-state index is 0.0387. The number of hydrogen-bond donors (Lipinski definition) is 1. The largest absolute Gasteiger partial charge is 0.387 e. The summed E-state index contributed by atoms with van der Waals surface area (Å²) in [6.45, 7) is 1.61. The van der Waals surface area contributed by atoms with E-state index in [0.29, 0.717) is 0 Å². The van der Waals surface area contributed by atoms with Gasteiger partial charge < -0.3 is 9.72 Å². The second-order valence-electron chi connectivity index (χ2n) is 2.05. The minimum Gasteiger partial charge on any atom is -0.387 e. The first kappa shape index (κ1) is 8.45. The number of carbonyl (C=O) groups excluding carboxylic acids is 2. The summed E-state index contributed by atoms with van der Waals surface area (Å²) in [6.07, 6.45) is 3.06. The van der Waals surface area contributed by atoms with E-state index in [-0.39, 0.29) is 12.2 Å². The molecule has 0 radical (unpaired) electrons. The van der Waals surface area contributed by atoms with E-state index in [0.717, 1.165) is 0 Å². The van der Waals surface area contributed by atoms with E-state index in [1.807, 2.05) is 0 Å². The number of nitrogens with one attached hydrogen (secondary N) is 1. The van der Waals surface area contributed by atoms with E-state index >= 15 is 0 Å². The molecule has 0 saturated carbocycles. The molecule has 1 aromatic rings. The van der Waals surface area contributed by atoms with Crippen molar-refractivity contribution in [3.05, 3.63) is 18.2 Å². The maximum atomic E-state index is 10.9. The molecule has 12 heavy (non-hydrogen) atoms. The van der Waals surface area contributed by atoms with Crippen LogP contribution in [-0.4, -0.2) is 21.9 Å². The molecule has 0 atom stereocenters. The molecule has 0 aliphatic rings. The lowest BCUT2D eigenvalue weighted by molar-refractivity contribution is -0.137. The van der Waals surface area contributed by atoms with Gasteiger partial charge in [-0.1, -0.05) is 6.92 Å². The van der Waals surface area contributed by atoms with Crippen molar-refractivity contribution in [2.24, 2.45) is 0 Å². The number of carbonyl (C=O) groups is 2. The zero-order valence-corrected chi connectivity index (χ0v) is 6.53. The molecule has 0 aliphatic heterocycles. The summed E-state index contributed by atoms with van der Waals surface area (Å²) in [5, 5.41) is 0. The van der Waals surface area contributed by atoms with Gasteiger partial charge in [0, 0.05) is 18.8 Å². The lowest BCUT2D eigenvalue weighted by Crippen LogP contribution is -2.12. The van der Waals surface area contributed by atoms with Crippen LogP contribution in [0.15, 0.2) is 12.4 Å². The van der Waals surface area contributed by atoms with E-state index in [2.05, 4.69) is 14.7 Å². The Kier molecular flexibility index (Phi) is 2.57. The number of hydrogen-bond acceptors (Lipinski definition) is 4. The fourth-order valence-corrected chi connectivity index (χ4v) is 0.601. The SMILES string of the molecule is CCC(=O)OC(=O)c1ncc[nH]1. The van der Waals surface area contributed by atoms with Gasteiger partial charge in [-0.25, -0.2) is 9.78 Å². The fraction of sp³-hybridized carbons (Fsp3) is 0.286. The van der Waals surface area contributed by atoms with Gasteiger partial charge in [0.05, 0.1) is 0 Å². The molecule has 0 aromatic carbocycles. The predicted octanol–water partition coefficient (Wildman–Crippen LogP) is 0.503. The van der Waals surface area contributed by atoms with Gasteiger partial charge in [-0.15, -0.1) is 0 Å². The van der Waals surface area contributed by atoms with Crippen LogP contribution in [0, 0.1) is 0 Å². The van der Waals surface area contributed by atoms with Crippen LogP contribution in [0.3, 0.4) is 0 Å². The summed E-state index contributed by atoms with van der Waals surface area (Å²) in [5.41, 5.74) is 0. The molecule has 0 amide bonds. The summed E-state index contributed by atoms with van der Waals surface area (Å²) in [5.74, 6) is -1.26. The number of nitrogens with zero attached hydrogens (tertiary/aromatic N) is 1. The van der Waals surface area contributed by atoms with Crippen molar-refractivity contribution in [2.75, 3.05) is 0 Å². The first-order valence-corrected chi connectivity index (χ1v) is 3.48. The fourth-order valence-electron chi connectivity index (χ4n) is 0.601. The Hall–Kier alpha value is -1.65. The van der Waals surface area contributed by atoms with Gasteiger partial charge in [-0.2, -0.15) is 0 Å². The number of aromatic nitrogens is 2. The lowest BCUT2D eigenvalue weighted by atomic mass is 10.5. The Balaban J connectivity index is 2.56. The number of imidazole rings is 1. The maximum absolute atomic E-state index is 10.9. The van der Waals surface area contributed by atoms with Crippen LogP contribution < -0.4 is 0 Å². The van der Waals surface area contributed by atoms with E-state index in [1.165, 1.54) is 12.4 Å². The van der Waals surface area contributed by atoms with Gasteiger partial charge in [0.1, 0.15) is 0 Å². The van der Waals surface area contributed by atoms with E-state index in [9.17, 15) is 9.59 Å². The highest BCUT2D eigenvalue weighted by atomic mass is 16.6. The molecule has 0 saturated heterocycles. The minimum atomic E-state index is -0.744. The van der Waals surface area contributed by atoms with Crippen molar-refractivity contribution in [1.29, 1.82) is 0 Å². The van der Waals surface area contributed by atoms with Crippen molar-refractivity contribution < 1.29 is 14.3 Å². The number of ether oxygens (including phenoxy) is 1. The van der Waals surface area contributed by atoms with E-state index in [4.69, 9.17) is 0 Å². The van der Waals surface area contributed by atoms with Gasteiger partial charge in [0.15, 0.2) is 0 Å². The quantitative estimate of drug-likeness (QED) is 0.515. The van der Waals surface area contributed by atoms with E-state index < -0.39 is 11.9 Å². The lowest BCUT2D eigenvalue weighted by Gasteiger charge is -1.96. The van der Waals surface area contributed by atoms with Crippen LogP contribution in [0.4, 0.5) is 0 Å². The monoisotopic (exact) mass is 168 g/mol. The standard InChI is InChI=1S/C7H8N2O3/c1-2-5(10)12-7(11)6-8-3-4-9-6/h3-4H,2H2,1H3,(H,8,9). The van der Waals surface area contributed by atoms with Gasteiger partial charge in [0.2, 0.25) is 5.82 Å². The third-order valence-electron chi connectivity index (χ3n) is 1.19. The first-order valence-electron chi connectivity index (χ1n) is 3.48. The Labute approximate surface area is 68.8 Å². The third-order valence-corrected chi connectivity index (χ3v) is 1.19. The number of aromatic amines is 1. The maximum Gasteiger partial charge on any atom is 0.381 e. The summed E-state index contributed by atoms with van der Waals surface area (Å²) >= 11 is 0. The second-order valence-corrected chi connectivity index (χ2v) is 2.05. The summed E-state index contributed by atoms with van der Waals surface area (Å²) < 4.78 is 4.37. The Morgan fingerprint density at radius 3 is 2.92 bits per heavy atom. The molecular weight excluding hydrogens is 160 g/mol. The average Bonchev–Trinajstić information content (AvgIpc) is 2.56. The van der Waals surface area contributed by atoms with Crippen LogP contribution in [0.1, 0.15) is 24.0 Å². The molecule has 1 aromatic heterocycles. The van der Waals surface area contributed by atoms with Gasteiger partial charge in [0.25, 0.3) is 0 Å². The normalized spacial score (nSPS) is 9.42. The third kappa shape index (κ3) is 1.91. The zero-order valence-electron chi connectivity index (χ0n) is 6.53. The highest BCUT2D eigenvalue weighted by molar-refractivity contribution is 5.93.